The largest absolute Gasteiger partial charge is 0.497 e. The minimum Gasteiger partial charge on any atom is -0.497 e. The summed E-state index contributed by atoms with van der Waals surface area (Å²) in [5.41, 5.74) is 4.00. The van der Waals surface area contributed by atoms with Crippen LogP contribution in [0.5, 0.6) is 5.75 Å². The maximum atomic E-state index is 5.30. The number of benzene rings is 2. The lowest BCUT2D eigenvalue weighted by Crippen LogP contribution is -2.12. The lowest BCUT2D eigenvalue weighted by atomic mass is 9.98. The second-order valence-corrected chi connectivity index (χ2v) is 4.29. The van der Waals surface area contributed by atoms with E-state index in [-0.39, 0.29) is 0 Å². The summed E-state index contributed by atoms with van der Waals surface area (Å²) < 4.78 is 5.30. The molecular formula is C15H15NO. The lowest BCUT2D eigenvalue weighted by molar-refractivity contribution is 0.414. The zero-order valence-corrected chi connectivity index (χ0v) is 9.81. The van der Waals surface area contributed by atoms with Gasteiger partial charge in [0.2, 0.25) is 0 Å². The summed E-state index contributed by atoms with van der Waals surface area (Å²) >= 11 is 0. The Morgan fingerprint density at radius 2 is 1.94 bits per heavy atom. The minimum absolute atomic E-state index is 0.293. The van der Waals surface area contributed by atoms with Crippen LogP contribution in [0, 0.1) is 0 Å². The third kappa shape index (κ3) is 1.81. The number of methoxy groups -OCH3 is 1. The van der Waals surface area contributed by atoms with Crippen molar-refractivity contribution >= 4 is 0 Å². The molecule has 17 heavy (non-hydrogen) atoms. The molecule has 0 aliphatic carbocycles. The number of hydrogen-bond acceptors (Lipinski definition) is 2. The predicted octanol–water partition coefficient (Wildman–Crippen LogP) is 2.89. The molecule has 0 spiro atoms. The molecule has 1 heterocycles. The molecule has 2 aromatic rings. The molecule has 1 N–H and O–H groups in total. The summed E-state index contributed by atoms with van der Waals surface area (Å²) in [6, 6.07) is 17.1. The van der Waals surface area contributed by atoms with E-state index in [1.807, 2.05) is 12.1 Å². The fourth-order valence-corrected chi connectivity index (χ4v) is 2.39. The smallest absolute Gasteiger partial charge is 0.119 e. The first kappa shape index (κ1) is 10.4. The van der Waals surface area contributed by atoms with Gasteiger partial charge in [0.05, 0.1) is 13.2 Å². The van der Waals surface area contributed by atoms with Crippen molar-refractivity contribution in [3.05, 3.63) is 65.2 Å². The highest BCUT2D eigenvalue weighted by atomic mass is 16.5. The van der Waals surface area contributed by atoms with E-state index in [9.17, 15) is 0 Å². The normalized spacial score (nSPS) is 17.8. The van der Waals surface area contributed by atoms with E-state index in [4.69, 9.17) is 4.74 Å². The SMILES string of the molecule is COc1ccc2c(c1)C(c1ccccc1)NC2. The highest BCUT2D eigenvalue weighted by molar-refractivity contribution is 5.45. The fourth-order valence-electron chi connectivity index (χ4n) is 2.39. The summed E-state index contributed by atoms with van der Waals surface area (Å²) in [6.07, 6.45) is 0. The van der Waals surface area contributed by atoms with Gasteiger partial charge in [-0.2, -0.15) is 0 Å². The summed E-state index contributed by atoms with van der Waals surface area (Å²) in [7, 11) is 1.71. The quantitative estimate of drug-likeness (QED) is 0.848. The van der Waals surface area contributed by atoms with Crippen LogP contribution in [0.2, 0.25) is 0 Å². The standard InChI is InChI=1S/C15H15NO/c1-17-13-8-7-12-10-16-15(14(12)9-13)11-5-3-2-4-6-11/h2-9,15-16H,10H2,1H3. The third-order valence-electron chi connectivity index (χ3n) is 3.29. The highest BCUT2D eigenvalue weighted by Crippen LogP contribution is 2.33. The van der Waals surface area contributed by atoms with Gasteiger partial charge < -0.3 is 10.1 Å². The van der Waals surface area contributed by atoms with Crippen LogP contribution in [-0.2, 0) is 6.54 Å². The van der Waals surface area contributed by atoms with Gasteiger partial charge in [-0.15, -0.1) is 0 Å². The summed E-state index contributed by atoms with van der Waals surface area (Å²) in [5.74, 6) is 0.924. The number of ether oxygens (including phenoxy) is 1. The van der Waals surface area contributed by atoms with E-state index < -0.39 is 0 Å². The molecule has 1 aliphatic rings. The molecule has 0 amide bonds. The van der Waals surface area contributed by atoms with E-state index in [0.29, 0.717) is 6.04 Å². The second-order valence-electron chi connectivity index (χ2n) is 4.29. The molecule has 2 nitrogen and oxygen atoms in total. The van der Waals surface area contributed by atoms with Gasteiger partial charge in [-0.25, -0.2) is 0 Å². The van der Waals surface area contributed by atoms with Crippen LogP contribution < -0.4 is 10.1 Å². The fraction of sp³-hybridized carbons (Fsp3) is 0.200. The van der Waals surface area contributed by atoms with Crippen LogP contribution in [0.3, 0.4) is 0 Å². The van der Waals surface area contributed by atoms with Crippen molar-refractivity contribution in [2.75, 3.05) is 7.11 Å². The number of fused-ring (bicyclic) bond motifs is 1. The van der Waals surface area contributed by atoms with E-state index in [1.165, 1.54) is 16.7 Å². The summed E-state index contributed by atoms with van der Waals surface area (Å²) in [6.45, 7) is 0.929. The van der Waals surface area contributed by atoms with Crippen molar-refractivity contribution < 1.29 is 4.74 Å². The monoisotopic (exact) mass is 225 g/mol. The van der Waals surface area contributed by atoms with Gasteiger partial charge >= 0.3 is 0 Å². The van der Waals surface area contributed by atoms with E-state index in [2.05, 4.69) is 41.7 Å². The van der Waals surface area contributed by atoms with Gasteiger partial charge in [0.25, 0.3) is 0 Å². The van der Waals surface area contributed by atoms with Crippen LogP contribution in [-0.4, -0.2) is 7.11 Å². The first-order valence-electron chi connectivity index (χ1n) is 5.83. The maximum absolute atomic E-state index is 5.30. The number of rotatable bonds is 2. The summed E-state index contributed by atoms with van der Waals surface area (Å²) in [4.78, 5) is 0. The second kappa shape index (κ2) is 4.22. The predicted molar refractivity (Wildman–Crippen MR) is 68.1 cm³/mol. The zero-order valence-electron chi connectivity index (χ0n) is 9.81. The first-order valence-corrected chi connectivity index (χ1v) is 5.83. The van der Waals surface area contributed by atoms with Crippen molar-refractivity contribution in [1.29, 1.82) is 0 Å². The van der Waals surface area contributed by atoms with Crippen LogP contribution in [0.4, 0.5) is 0 Å². The van der Waals surface area contributed by atoms with Gasteiger partial charge in [-0.3, -0.25) is 0 Å². The Bertz CT molecular complexity index is 522. The molecule has 2 aromatic carbocycles. The van der Waals surface area contributed by atoms with Crippen molar-refractivity contribution in [1.82, 2.24) is 5.32 Å². The average Bonchev–Trinajstić information content (AvgIpc) is 2.82. The molecule has 0 saturated heterocycles. The Hall–Kier alpha value is -1.80. The summed E-state index contributed by atoms with van der Waals surface area (Å²) in [5, 5.41) is 3.53. The molecule has 1 aliphatic heterocycles. The van der Waals surface area contributed by atoms with Crippen LogP contribution in [0.25, 0.3) is 0 Å². The minimum atomic E-state index is 0.293. The van der Waals surface area contributed by atoms with Crippen molar-refractivity contribution in [3.63, 3.8) is 0 Å². The van der Waals surface area contributed by atoms with Crippen LogP contribution in [0.15, 0.2) is 48.5 Å². The molecule has 3 rings (SSSR count). The van der Waals surface area contributed by atoms with Crippen LogP contribution >= 0.6 is 0 Å². The third-order valence-corrected chi connectivity index (χ3v) is 3.29. The lowest BCUT2D eigenvalue weighted by Gasteiger charge is -2.13. The van der Waals surface area contributed by atoms with E-state index in [1.54, 1.807) is 7.11 Å². The topological polar surface area (TPSA) is 21.3 Å². The number of nitrogens with one attached hydrogen (secondary N) is 1. The molecule has 0 radical (unpaired) electrons. The van der Waals surface area contributed by atoms with Crippen molar-refractivity contribution in [3.8, 4) is 5.75 Å². The molecule has 2 heteroatoms. The Kier molecular flexibility index (Phi) is 2.57. The van der Waals surface area contributed by atoms with Crippen molar-refractivity contribution in [2.45, 2.75) is 12.6 Å². The Morgan fingerprint density at radius 3 is 2.71 bits per heavy atom. The molecule has 0 saturated carbocycles. The van der Waals surface area contributed by atoms with E-state index >= 15 is 0 Å². The van der Waals surface area contributed by atoms with Gasteiger partial charge in [-0.05, 0) is 28.8 Å². The molecule has 1 atom stereocenters. The van der Waals surface area contributed by atoms with Gasteiger partial charge in [0, 0.05) is 6.54 Å². The molecule has 86 valence electrons. The Labute approximate surface area is 101 Å². The number of hydrogen-bond donors (Lipinski definition) is 1. The van der Waals surface area contributed by atoms with Crippen molar-refractivity contribution in [2.24, 2.45) is 0 Å². The Balaban J connectivity index is 2.03. The molecule has 1 unspecified atom stereocenters. The highest BCUT2D eigenvalue weighted by Gasteiger charge is 2.23. The first-order chi connectivity index (χ1) is 8.38. The van der Waals surface area contributed by atoms with Crippen LogP contribution in [0.1, 0.15) is 22.7 Å². The molecule has 0 aromatic heterocycles. The Morgan fingerprint density at radius 1 is 1.12 bits per heavy atom. The molecule has 0 fully saturated rings. The zero-order chi connectivity index (χ0) is 11.7. The maximum Gasteiger partial charge on any atom is 0.119 e. The molecule has 0 bridgehead atoms. The average molecular weight is 225 g/mol. The van der Waals surface area contributed by atoms with E-state index in [0.717, 1.165) is 12.3 Å². The van der Waals surface area contributed by atoms with Gasteiger partial charge in [0.1, 0.15) is 5.75 Å². The van der Waals surface area contributed by atoms with Gasteiger partial charge in [-0.1, -0.05) is 36.4 Å². The molecular weight excluding hydrogens is 210 g/mol. The van der Waals surface area contributed by atoms with Gasteiger partial charge in [0.15, 0.2) is 0 Å².